The molecule has 30 heavy (non-hydrogen) atoms. The summed E-state index contributed by atoms with van der Waals surface area (Å²) in [6.07, 6.45) is 2.03. The number of carbonyl (C=O) groups is 1. The van der Waals surface area contributed by atoms with Gasteiger partial charge in [0.2, 0.25) is 0 Å². The van der Waals surface area contributed by atoms with Crippen molar-refractivity contribution in [3.63, 3.8) is 0 Å². The minimum atomic E-state index is -0.498. The van der Waals surface area contributed by atoms with Crippen LogP contribution in [0.2, 0.25) is 0 Å². The van der Waals surface area contributed by atoms with Crippen LogP contribution in [-0.2, 0) is 17.7 Å². The van der Waals surface area contributed by atoms with Crippen LogP contribution in [0.3, 0.4) is 0 Å². The van der Waals surface area contributed by atoms with Crippen molar-refractivity contribution >= 4 is 17.0 Å². The van der Waals surface area contributed by atoms with Gasteiger partial charge in [-0.05, 0) is 58.1 Å². The number of fused-ring (bicyclic) bond motifs is 1. The molecule has 0 unspecified atom stereocenters. The van der Waals surface area contributed by atoms with Gasteiger partial charge in [0.15, 0.2) is 0 Å². The highest BCUT2D eigenvalue weighted by Gasteiger charge is 2.20. The first-order chi connectivity index (χ1) is 13.8. The van der Waals surface area contributed by atoms with Crippen LogP contribution >= 0.6 is 0 Å². The predicted octanol–water partition coefficient (Wildman–Crippen LogP) is 4.94. The third kappa shape index (κ3) is 6.85. The second kappa shape index (κ2) is 9.19. The molecule has 0 spiro atoms. The molecule has 166 valence electrons. The summed E-state index contributed by atoms with van der Waals surface area (Å²) in [6.45, 7) is 15.2. The van der Waals surface area contributed by atoms with Gasteiger partial charge in [-0.25, -0.2) is 9.78 Å². The molecule has 6 nitrogen and oxygen atoms in total. The van der Waals surface area contributed by atoms with Crippen LogP contribution < -0.4 is 5.56 Å². The van der Waals surface area contributed by atoms with E-state index in [1.165, 1.54) is 0 Å². The van der Waals surface area contributed by atoms with Crippen molar-refractivity contribution in [3.05, 3.63) is 39.9 Å². The largest absolute Gasteiger partial charge is 0.444 e. The van der Waals surface area contributed by atoms with E-state index in [0.29, 0.717) is 24.9 Å². The highest BCUT2D eigenvalue weighted by atomic mass is 16.6. The minimum Gasteiger partial charge on any atom is -0.444 e. The first-order valence-corrected chi connectivity index (χ1v) is 10.7. The molecule has 0 saturated heterocycles. The van der Waals surface area contributed by atoms with Gasteiger partial charge in [-0.15, -0.1) is 0 Å². The molecule has 6 heteroatoms. The number of amides is 1. The molecule has 0 aliphatic carbocycles. The van der Waals surface area contributed by atoms with E-state index in [-0.39, 0.29) is 17.1 Å². The number of benzene rings is 1. The molecule has 0 radical (unpaired) electrons. The van der Waals surface area contributed by atoms with Crippen LogP contribution in [0.15, 0.2) is 23.0 Å². The Kier molecular flexibility index (Phi) is 7.32. The molecule has 0 fully saturated rings. The zero-order valence-electron chi connectivity index (χ0n) is 19.8. The molecule has 0 saturated carbocycles. The van der Waals surface area contributed by atoms with E-state index in [9.17, 15) is 9.59 Å². The molecule has 2 aromatic rings. The molecule has 1 amide bonds. The summed E-state index contributed by atoms with van der Waals surface area (Å²) in [7, 11) is 1.75. The Balaban J connectivity index is 2.14. The van der Waals surface area contributed by atoms with Gasteiger partial charge in [0, 0.05) is 26.6 Å². The fourth-order valence-corrected chi connectivity index (χ4v) is 3.27. The lowest BCUT2D eigenvalue weighted by Gasteiger charge is -2.25. The Hall–Kier alpha value is -2.37. The van der Waals surface area contributed by atoms with Crippen molar-refractivity contribution in [3.8, 4) is 0 Å². The maximum Gasteiger partial charge on any atom is 0.410 e. The van der Waals surface area contributed by atoms with Gasteiger partial charge in [-0.2, -0.15) is 0 Å². The fourth-order valence-electron chi connectivity index (χ4n) is 3.27. The van der Waals surface area contributed by atoms with Crippen molar-refractivity contribution in [1.29, 1.82) is 0 Å². The monoisotopic (exact) mass is 415 g/mol. The number of hydrogen-bond donors (Lipinski definition) is 0. The van der Waals surface area contributed by atoms with Gasteiger partial charge in [-0.3, -0.25) is 9.36 Å². The molecule has 0 N–H and O–H groups in total. The molecular formula is C24H37N3O3. The summed E-state index contributed by atoms with van der Waals surface area (Å²) < 4.78 is 7.22. The molecule has 1 aromatic carbocycles. The van der Waals surface area contributed by atoms with Crippen LogP contribution in [0.25, 0.3) is 10.9 Å². The lowest BCUT2D eigenvalue weighted by Crippen LogP contribution is -2.34. The van der Waals surface area contributed by atoms with E-state index in [2.05, 4.69) is 20.8 Å². The normalized spacial score (nSPS) is 12.3. The van der Waals surface area contributed by atoms with Crippen molar-refractivity contribution in [1.82, 2.24) is 14.5 Å². The summed E-state index contributed by atoms with van der Waals surface area (Å²) in [6, 6.07) is 5.83. The van der Waals surface area contributed by atoms with E-state index in [1.54, 1.807) is 11.9 Å². The number of aryl methyl sites for hydroxylation is 2. The van der Waals surface area contributed by atoms with Gasteiger partial charge in [0.05, 0.1) is 10.9 Å². The number of carbonyl (C=O) groups excluding carboxylic acids is 1. The topological polar surface area (TPSA) is 64.4 Å². The van der Waals surface area contributed by atoms with E-state index < -0.39 is 5.60 Å². The molecule has 0 atom stereocenters. The molecule has 1 aromatic heterocycles. The molecular weight excluding hydrogens is 378 g/mol. The Morgan fingerprint density at radius 2 is 1.80 bits per heavy atom. The van der Waals surface area contributed by atoms with Gasteiger partial charge in [-0.1, -0.05) is 32.4 Å². The second-order valence-corrected chi connectivity index (χ2v) is 10.4. The van der Waals surface area contributed by atoms with Crippen LogP contribution in [0.5, 0.6) is 0 Å². The highest BCUT2D eigenvalue weighted by molar-refractivity contribution is 5.78. The summed E-state index contributed by atoms with van der Waals surface area (Å²) in [5.41, 5.74) is 1.30. The summed E-state index contributed by atoms with van der Waals surface area (Å²) in [5.74, 6) is 0.811. The lowest BCUT2D eigenvalue weighted by atomic mass is 9.96. The Bertz CT molecular complexity index is 949. The van der Waals surface area contributed by atoms with Gasteiger partial charge in [0.1, 0.15) is 11.4 Å². The maximum atomic E-state index is 13.2. The summed E-state index contributed by atoms with van der Waals surface area (Å²) in [5, 5.41) is 0.674. The van der Waals surface area contributed by atoms with Crippen molar-refractivity contribution in [2.45, 2.75) is 79.9 Å². The highest BCUT2D eigenvalue weighted by Crippen LogP contribution is 2.19. The van der Waals surface area contributed by atoms with E-state index in [0.717, 1.165) is 29.7 Å². The Morgan fingerprint density at radius 1 is 1.13 bits per heavy atom. The van der Waals surface area contributed by atoms with E-state index in [4.69, 9.17) is 9.72 Å². The second-order valence-electron chi connectivity index (χ2n) is 10.4. The molecule has 1 heterocycles. The van der Waals surface area contributed by atoms with Crippen LogP contribution in [0, 0.1) is 12.3 Å². The first kappa shape index (κ1) is 23.9. The number of unbranched alkanes of at least 4 members (excludes halogenated alkanes) is 1. The standard InChI is InChI=1S/C24H37N3O3/c1-17-12-13-19-18(15-17)21(28)27(16-23(2,3)4)20(25-19)11-9-10-14-26(8)22(29)30-24(5,6)7/h12-13,15H,9-11,14,16H2,1-8H3. The molecule has 0 aliphatic rings. The van der Waals surface area contributed by atoms with Crippen LogP contribution in [0.4, 0.5) is 4.79 Å². The maximum absolute atomic E-state index is 13.2. The number of aromatic nitrogens is 2. The third-order valence-corrected chi connectivity index (χ3v) is 4.67. The van der Waals surface area contributed by atoms with Gasteiger partial charge < -0.3 is 9.64 Å². The number of nitrogens with zero attached hydrogens (tertiary/aromatic N) is 3. The van der Waals surface area contributed by atoms with Crippen molar-refractivity contribution < 1.29 is 9.53 Å². The molecule has 0 aliphatic heterocycles. The first-order valence-electron chi connectivity index (χ1n) is 10.7. The number of rotatable bonds is 6. The van der Waals surface area contributed by atoms with Gasteiger partial charge in [0.25, 0.3) is 5.56 Å². The Morgan fingerprint density at radius 3 is 2.40 bits per heavy atom. The average molecular weight is 416 g/mol. The van der Waals surface area contributed by atoms with Crippen molar-refractivity contribution in [2.24, 2.45) is 5.41 Å². The quantitative estimate of drug-likeness (QED) is 0.627. The summed E-state index contributed by atoms with van der Waals surface area (Å²) in [4.78, 5) is 31.7. The zero-order chi connectivity index (χ0) is 22.7. The summed E-state index contributed by atoms with van der Waals surface area (Å²) >= 11 is 0. The third-order valence-electron chi connectivity index (χ3n) is 4.67. The SMILES string of the molecule is Cc1ccc2nc(CCCCN(C)C(=O)OC(C)(C)C)n(CC(C)(C)C)c(=O)c2c1. The smallest absolute Gasteiger partial charge is 0.410 e. The van der Waals surface area contributed by atoms with Crippen LogP contribution in [-0.4, -0.2) is 39.7 Å². The average Bonchev–Trinajstić information content (AvgIpc) is 2.59. The lowest BCUT2D eigenvalue weighted by molar-refractivity contribution is 0.0296. The molecule has 2 rings (SSSR count). The molecule has 0 bridgehead atoms. The number of ether oxygens (including phenoxy) is 1. The van der Waals surface area contributed by atoms with Gasteiger partial charge >= 0.3 is 6.09 Å². The van der Waals surface area contributed by atoms with Crippen molar-refractivity contribution in [2.75, 3.05) is 13.6 Å². The number of hydrogen-bond acceptors (Lipinski definition) is 4. The van der Waals surface area contributed by atoms with E-state index >= 15 is 0 Å². The van der Waals surface area contributed by atoms with E-state index in [1.807, 2.05) is 50.5 Å². The van der Waals surface area contributed by atoms with Crippen LogP contribution in [0.1, 0.15) is 65.8 Å². The Labute approximate surface area is 180 Å². The zero-order valence-corrected chi connectivity index (χ0v) is 19.8. The fraction of sp³-hybridized carbons (Fsp3) is 0.625. The minimum absolute atomic E-state index is 0.0273. The predicted molar refractivity (Wildman–Crippen MR) is 122 cm³/mol.